The highest BCUT2D eigenvalue weighted by Gasteiger charge is 1.98. The van der Waals surface area contributed by atoms with Crippen LogP contribution in [0.25, 0.3) is 0 Å². The zero-order valence-corrected chi connectivity index (χ0v) is 10.1. The van der Waals surface area contributed by atoms with Gasteiger partial charge in [-0.1, -0.05) is 60.5 Å². The van der Waals surface area contributed by atoms with Crippen LogP contribution in [0.4, 0.5) is 0 Å². The lowest BCUT2D eigenvalue weighted by atomic mass is 10.0. The molecule has 74 valence electrons. The van der Waals surface area contributed by atoms with Gasteiger partial charge in [0.1, 0.15) is 0 Å². The van der Waals surface area contributed by atoms with Crippen LogP contribution in [0.3, 0.4) is 0 Å². The van der Waals surface area contributed by atoms with E-state index >= 15 is 0 Å². The van der Waals surface area contributed by atoms with Crippen molar-refractivity contribution in [1.82, 2.24) is 0 Å². The Kier molecular flexibility index (Phi) is 5.89. The topological polar surface area (TPSA) is 0 Å². The van der Waals surface area contributed by atoms with Crippen molar-refractivity contribution in [1.29, 1.82) is 0 Å². The summed E-state index contributed by atoms with van der Waals surface area (Å²) in [4.78, 5) is 0. The van der Waals surface area contributed by atoms with Crippen LogP contribution >= 0.6 is 15.9 Å². The summed E-state index contributed by atoms with van der Waals surface area (Å²) in [5, 5.41) is 0. The molecule has 0 rings (SSSR count). The molecule has 0 atom stereocenters. The Labute approximate surface area is 94.8 Å². The standard InChI is InChI=1S/C13H15Br/c1-6-7-8-10(2)13(5)11(3)9-12(4)14/h6-9H,1-2,4-5H2,3H3/b8-7-,11-9-. The highest BCUT2D eigenvalue weighted by Crippen LogP contribution is 2.19. The first kappa shape index (κ1) is 12.9. The summed E-state index contributed by atoms with van der Waals surface area (Å²) in [5.74, 6) is 0. The molecule has 0 aromatic heterocycles. The van der Waals surface area contributed by atoms with E-state index in [2.05, 4.69) is 42.2 Å². The van der Waals surface area contributed by atoms with Crippen molar-refractivity contribution >= 4 is 15.9 Å². The van der Waals surface area contributed by atoms with Gasteiger partial charge >= 0.3 is 0 Å². The molecule has 0 aliphatic rings. The second-order valence-electron chi connectivity index (χ2n) is 2.87. The molecule has 1 heteroatoms. The smallest absolute Gasteiger partial charge is 0.0106 e. The largest absolute Gasteiger partial charge is 0.0991 e. The first-order chi connectivity index (χ1) is 6.49. The first-order valence-electron chi connectivity index (χ1n) is 4.19. The van der Waals surface area contributed by atoms with E-state index in [4.69, 9.17) is 0 Å². The van der Waals surface area contributed by atoms with Crippen LogP contribution in [-0.2, 0) is 0 Å². The third-order valence-electron chi connectivity index (χ3n) is 1.67. The quantitative estimate of drug-likeness (QED) is 0.621. The zero-order chi connectivity index (χ0) is 11.1. The van der Waals surface area contributed by atoms with Crippen LogP contribution in [-0.4, -0.2) is 0 Å². The Morgan fingerprint density at radius 2 is 1.79 bits per heavy atom. The average molecular weight is 251 g/mol. The highest BCUT2D eigenvalue weighted by atomic mass is 79.9. The molecule has 0 aromatic carbocycles. The Bertz CT molecular complexity index is 327. The molecule has 0 bridgehead atoms. The van der Waals surface area contributed by atoms with Crippen molar-refractivity contribution in [2.24, 2.45) is 0 Å². The number of hydrogen-bond acceptors (Lipinski definition) is 0. The molecule has 0 saturated carbocycles. The van der Waals surface area contributed by atoms with E-state index < -0.39 is 0 Å². The zero-order valence-electron chi connectivity index (χ0n) is 8.52. The second-order valence-corrected chi connectivity index (χ2v) is 3.89. The minimum atomic E-state index is 0.830. The molecule has 0 fully saturated rings. The van der Waals surface area contributed by atoms with Crippen molar-refractivity contribution in [3.63, 3.8) is 0 Å². The normalized spacial score (nSPS) is 11.4. The highest BCUT2D eigenvalue weighted by molar-refractivity contribution is 9.11. The van der Waals surface area contributed by atoms with Crippen molar-refractivity contribution in [2.45, 2.75) is 6.92 Å². The summed E-state index contributed by atoms with van der Waals surface area (Å²) >= 11 is 3.27. The van der Waals surface area contributed by atoms with Gasteiger partial charge in [0, 0.05) is 4.48 Å². The van der Waals surface area contributed by atoms with Gasteiger partial charge in [-0.25, -0.2) is 0 Å². The average Bonchev–Trinajstić information content (AvgIpc) is 2.11. The molecule has 14 heavy (non-hydrogen) atoms. The monoisotopic (exact) mass is 250 g/mol. The molecule has 0 nitrogen and oxygen atoms in total. The van der Waals surface area contributed by atoms with Crippen LogP contribution in [0.2, 0.25) is 0 Å². The van der Waals surface area contributed by atoms with Crippen molar-refractivity contribution in [3.8, 4) is 0 Å². The predicted octanol–water partition coefficient (Wildman–Crippen LogP) is 4.70. The van der Waals surface area contributed by atoms with Gasteiger partial charge in [0.15, 0.2) is 0 Å². The Balaban J connectivity index is 4.63. The summed E-state index contributed by atoms with van der Waals surface area (Å²) in [6.07, 6.45) is 7.34. The molecule has 0 unspecified atom stereocenters. The van der Waals surface area contributed by atoms with Crippen LogP contribution in [0.15, 0.2) is 71.8 Å². The van der Waals surface area contributed by atoms with E-state index in [0.29, 0.717) is 0 Å². The summed E-state index contributed by atoms with van der Waals surface area (Å²) in [5.41, 5.74) is 2.83. The number of halogens is 1. The molecule has 0 aliphatic carbocycles. The minimum absolute atomic E-state index is 0.830. The molecule has 0 aliphatic heterocycles. The SMILES string of the molecule is C=C/C=C\C(=C)C(=C)/C(C)=C\C(=C)Br. The maximum Gasteiger partial charge on any atom is 0.0106 e. The third-order valence-corrected chi connectivity index (χ3v) is 1.90. The van der Waals surface area contributed by atoms with Gasteiger partial charge in [0.2, 0.25) is 0 Å². The van der Waals surface area contributed by atoms with Gasteiger partial charge in [-0.05, 0) is 29.7 Å². The van der Waals surface area contributed by atoms with Gasteiger partial charge < -0.3 is 0 Å². The van der Waals surface area contributed by atoms with Crippen LogP contribution < -0.4 is 0 Å². The lowest BCUT2D eigenvalue weighted by Gasteiger charge is -2.05. The molecule has 0 spiro atoms. The number of allylic oxidation sites excluding steroid dienone is 8. The number of hydrogen-bond donors (Lipinski definition) is 0. The first-order valence-corrected chi connectivity index (χ1v) is 4.98. The fraction of sp³-hybridized carbons (Fsp3) is 0.0769. The molecular weight excluding hydrogens is 236 g/mol. The van der Waals surface area contributed by atoms with E-state index in [1.807, 2.05) is 25.2 Å². The Morgan fingerprint density at radius 3 is 2.21 bits per heavy atom. The predicted molar refractivity (Wildman–Crippen MR) is 69.4 cm³/mol. The molecule has 0 radical (unpaired) electrons. The number of rotatable bonds is 5. The molecule has 0 N–H and O–H groups in total. The fourth-order valence-electron chi connectivity index (χ4n) is 0.860. The summed E-state index contributed by atoms with van der Waals surface area (Å²) < 4.78 is 0.830. The minimum Gasteiger partial charge on any atom is -0.0991 e. The molecule has 0 amide bonds. The van der Waals surface area contributed by atoms with E-state index in [-0.39, 0.29) is 0 Å². The maximum absolute atomic E-state index is 3.95. The van der Waals surface area contributed by atoms with Crippen LogP contribution in [0.5, 0.6) is 0 Å². The van der Waals surface area contributed by atoms with E-state index in [0.717, 1.165) is 21.2 Å². The van der Waals surface area contributed by atoms with Crippen LogP contribution in [0, 0.1) is 0 Å². The van der Waals surface area contributed by atoms with E-state index in [9.17, 15) is 0 Å². The van der Waals surface area contributed by atoms with E-state index in [1.54, 1.807) is 6.08 Å². The summed E-state index contributed by atoms with van der Waals surface area (Å²) in [6, 6.07) is 0. The summed E-state index contributed by atoms with van der Waals surface area (Å²) in [6.45, 7) is 17.1. The van der Waals surface area contributed by atoms with Gasteiger partial charge in [0.25, 0.3) is 0 Å². The van der Waals surface area contributed by atoms with Gasteiger partial charge in [-0.3, -0.25) is 0 Å². The Hall–Kier alpha value is -1.08. The van der Waals surface area contributed by atoms with Crippen molar-refractivity contribution in [2.75, 3.05) is 0 Å². The third kappa shape index (κ3) is 4.83. The van der Waals surface area contributed by atoms with Gasteiger partial charge in [0.05, 0.1) is 0 Å². The molecule has 0 heterocycles. The van der Waals surface area contributed by atoms with Crippen molar-refractivity contribution in [3.05, 3.63) is 71.8 Å². The second kappa shape index (κ2) is 6.39. The van der Waals surface area contributed by atoms with Crippen molar-refractivity contribution < 1.29 is 0 Å². The maximum atomic E-state index is 3.95. The fourth-order valence-corrected chi connectivity index (χ4v) is 1.20. The van der Waals surface area contributed by atoms with E-state index in [1.165, 1.54) is 0 Å². The Morgan fingerprint density at radius 1 is 1.21 bits per heavy atom. The summed E-state index contributed by atoms with van der Waals surface area (Å²) in [7, 11) is 0. The van der Waals surface area contributed by atoms with Gasteiger partial charge in [-0.15, -0.1) is 0 Å². The lowest BCUT2D eigenvalue weighted by molar-refractivity contribution is 1.40. The molecule has 0 saturated heterocycles. The lowest BCUT2D eigenvalue weighted by Crippen LogP contribution is -1.85. The molecule has 0 aromatic rings. The van der Waals surface area contributed by atoms with Crippen LogP contribution in [0.1, 0.15) is 6.92 Å². The van der Waals surface area contributed by atoms with Gasteiger partial charge in [-0.2, -0.15) is 0 Å². The molecular formula is C13H15Br.